The van der Waals surface area contributed by atoms with Gasteiger partial charge in [0.15, 0.2) is 16.1 Å². The van der Waals surface area contributed by atoms with Gasteiger partial charge < -0.3 is 4.90 Å². The maximum atomic E-state index is 11.3. The predicted molar refractivity (Wildman–Crippen MR) is 67.7 cm³/mol. The molecule has 0 aromatic heterocycles. The Morgan fingerprint density at radius 1 is 1.24 bits per heavy atom. The summed E-state index contributed by atoms with van der Waals surface area (Å²) in [6, 6.07) is 5.08. The summed E-state index contributed by atoms with van der Waals surface area (Å²) >= 11 is 6.06. The number of hydrogen-bond acceptors (Lipinski definition) is 4. The molecular formula is C11H12ClNO3S. The molecule has 1 saturated heterocycles. The molecule has 0 atom stereocenters. The van der Waals surface area contributed by atoms with Crippen molar-refractivity contribution in [2.45, 2.75) is 0 Å². The summed E-state index contributed by atoms with van der Waals surface area (Å²) in [6.45, 7) is 0.764. The van der Waals surface area contributed by atoms with Crippen molar-refractivity contribution >= 4 is 33.4 Å². The highest BCUT2D eigenvalue weighted by atomic mass is 35.5. The number of rotatable bonds is 2. The average Bonchev–Trinajstić information content (AvgIpc) is 2.29. The van der Waals surface area contributed by atoms with Crippen molar-refractivity contribution in [3.05, 3.63) is 28.8 Å². The number of para-hydroxylation sites is 1. The zero-order valence-electron chi connectivity index (χ0n) is 9.10. The highest BCUT2D eigenvalue weighted by Gasteiger charge is 2.24. The number of carbonyl (C=O) groups excluding carboxylic acids is 1. The van der Waals surface area contributed by atoms with E-state index < -0.39 is 9.84 Å². The third-order valence-electron chi connectivity index (χ3n) is 2.81. The second kappa shape index (κ2) is 4.66. The van der Waals surface area contributed by atoms with Crippen LogP contribution < -0.4 is 4.90 Å². The first kappa shape index (κ1) is 12.4. The normalized spacial score (nSPS) is 19.0. The van der Waals surface area contributed by atoms with Crippen LogP contribution in [-0.2, 0) is 9.84 Å². The highest BCUT2D eigenvalue weighted by Crippen LogP contribution is 2.29. The molecule has 1 fully saturated rings. The number of sulfone groups is 1. The molecule has 0 radical (unpaired) electrons. The van der Waals surface area contributed by atoms with E-state index in [-0.39, 0.29) is 11.5 Å². The predicted octanol–water partition coefficient (Wildman–Crippen LogP) is 1.39. The molecule has 1 aromatic rings. The van der Waals surface area contributed by atoms with E-state index in [4.69, 9.17) is 11.6 Å². The van der Waals surface area contributed by atoms with Gasteiger partial charge in [0.2, 0.25) is 0 Å². The fraction of sp³-hybridized carbons (Fsp3) is 0.364. The minimum Gasteiger partial charge on any atom is -0.368 e. The molecule has 1 aliphatic rings. The van der Waals surface area contributed by atoms with Crippen LogP contribution >= 0.6 is 11.6 Å². The van der Waals surface area contributed by atoms with Crippen LogP contribution in [0, 0.1) is 0 Å². The van der Waals surface area contributed by atoms with Gasteiger partial charge in [-0.3, -0.25) is 4.79 Å². The van der Waals surface area contributed by atoms with Gasteiger partial charge in [-0.05, 0) is 12.1 Å². The zero-order valence-corrected chi connectivity index (χ0v) is 10.7. The molecule has 0 saturated carbocycles. The summed E-state index contributed by atoms with van der Waals surface area (Å²) < 4.78 is 22.7. The first-order valence-electron chi connectivity index (χ1n) is 5.22. The van der Waals surface area contributed by atoms with Gasteiger partial charge in [-0.25, -0.2) is 8.42 Å². The number of aldehydes is 1. The van der Waals surface area contributed by atoms with Gasteiger partial charge in [-0.15, -0.1) is 0 Å². The van der Waals surface area contributed by atoms with Crippen LogP contribution in [0.1, 0.15) is 10.4 Å². The Kier molecular flexibility index (Phi) is 3.40. The summed E-state index contributed by atoms with van der Waals surface area (Å²) in [5.74, 6) is 0.215. The van der Waals surface area contributed by atoms with E-state index in [1.807, 2.05) is 4.90 Å². The van der Waals surface area contributed by atoms with Crippen LogP contribution in [0.25, 0.3) is 0 Å². The lowest BCUT2D eigenvalue weighted by molar-refractivity contribution is 0.112. The molecule has 0 amide bonds. The van der Waals surface area contributed by atoms with Crippen LogP contribution in [0.5, 0.6) is 0 Å². The van der Waals surface area contributed by atoms with Gasteiger partial charge in [0, 0.05) is 18.7 Å². The van der Waals surface area contributed by atoms with E-state index in [1.54, 1.807) is 18.2 Å². The molecule has 1 aromatic carbocycles. The molecule has 17 heavy (non-hydrogen) atoms. The summed E-state index contributed by atoms with van der Waals surface area (Å²) in [5.41, 5.74) is 1.14. The lowest BCUT2D eigenvalue weighted by atomic mass is 10.1. The maximum Gasteiger partial charge on any atom is 0.153 e. The fourth-order valence-corrected chi connectivity index (χ4v) is 3.40. The van der Waals surface area contributed by atoms with Gasteiger partial charge in [0.1, 0.15) is 0 Å². The molecule has 1 aliphatic heterocycles. The molecule has 2 rings (SSSR count). The Balaban J connectivity index is 2.32. The van der Waals surface area contributed by atoms with E-state index in [2.05, 4.69) is 0 Å². The first-order valence-corrected chi connectivity index (χ1v) is 7.42. The van der Waals surface area contributed by atoms with Crippen molar-refractivity contribution in [1.82, 2.24) is 0 Å². The second-order valence-electron chi connectivity index (χ2n) is 3.93. The van der Waals surface area contributed by atoms with Crippen LogP contribution in [-0.4, -0.2) is 39.3 Å². The average molecular weight is 274 g/mol. The minimum absolute atomic E-state index is 0.108. The van der Waals surface area contributed by atoms with Crippen molar-refractivity contribution in [1.29, 1.82) is 0 Å². The molecule has 1 heterocycles. The summed E-state index contributed by atoms with van der Waals surface area (Å²) in [7, 11) is -2.93. The second-order valence-corrected chi connectivity index (χ2v) is 6.65. The Labute approximate surface area is 105 Å². The van der Waals surface area contributed by atoms with Gasteiger partial charge in [0.05, 0.1) is 22.2 Å². The summed E-state index contributed by atoms with van der Waals surface area (Å²) in [5, 5.41) is 0.480. The van der Waals surface area contributed by atoms with Gasteiger partial charge in [-0.1, -0.05) is 17.7 Å². The Morgan fingerprint density at radius 2 is 1.88 bits per heavy atom. The number of anilines is 1. The molecule has 0 N–H and O–H groups in total. The van der Waals surface area contributed by atoms with Crippen molar-refractivity contribution in [3.8, 4) is 0 Å². The van der Waals surface area contributed by atoms with Gasteiger partial charge in [0.25, 0.3) is 0 Å². The summed E-state index contributed by atoms with van der Waals surface area (Å²) in [4.78, 5) is 12.8. The molecule has 92 valence electrons. The lowest BCUT2D eigenvalue weighted by Crippen LogP contribution is -2.40. The zero-order chi connectivity index (χ0) is 12.5. The summed E-state index contributed by atoms with van der Waals surface area (Å²) in [6.07, 6.45) is 0.740. The largest absolute Gasteiger partial charge is 0.368 e. The molecule has 4 nitrogen and oxygen atoms in total. The van der Waals surface area contributed by atoms with E-state index in [0.717, 1.165) is 6.29 Å². The minimum atomic E-state index is -2.93. The fourth-order valence-electron chi connectivity index (χ4n) is 1.90. The molecule has 0 bridgehead atoms. The van der Waals surface area contributed by atoms with Gasteiger partial charge in [-0.2, -0.15) is 0 Å². The SMILES string of the molecule is O=Cc1cccc(Cl)c1N1CCS(=O)(=O)CC1. The number of hydrogen-bond donors (Lipinski definition) is 0. The monoisotopic (exact) mass is 273 g/mol. The highest BCUT2D eigenvalue weighted by molar-refractivity contribution is 7.91. The van der Waals surface area contributed by atoms with Crippen LogP contribution in [0.2, 0.25) is 5.02 Å². The third kappa shape index (κ3) is 2.61. The molecule has 0 aliphatic carbocycles. The number of halogens is 1. The van der Waals surface area contributed by atoms with E-state index in [9.17, 15) is 13.2 Å². The molecular weight excluding hydrogens is 262 g/mol. The topological polar surface area (TPSA) is 54.5 Å². The van der Waals surface area contributed by atoms with Crippen molar-refractivity contribution in [2.24, 2.45) is 0 Å². The molecule has 0 spiro atoms. The Bertz CT molecular complexity index is 528. The maximum absolute atomic E-state index is 11.3. The molecule has 0 unspecified atom stereocenters. The van der Waals surface area contributed by atoms with Crippen molar-refractivity contribution in [2.75, 3.05) is 29.5 Å². The van der Waals surface area contributed by atoms with E-state index >= 15 is 0 Å². The van der Waals surface area contributed by atoms with Crippen LogP contribution in [0.3, 0.4) is 0 Å². The third-order valence-corrected chi connectivity index (χ3v) is 4.72. The number of benzene rings is 1. The first-order chi connectivity index (χ1) is 8.03. The van der Waals surface area contributed by atoms with Crippen LogP contribution in [0.4, 0.5) is 5.69 Å². The van der Waals surface area contributed by atoms with Crippen LogP contribution in [0.15, 0.2) is 18.2 Å². The van der Waals surface area contributed by atoms with E-state index in [1.165, 1.54) is 0 Å². The van der Waals surface area contributed by atoms with Gasteiger partial charge >= 0.3 is 0 Å². The van der Waals surface area contributed by atoms with Crippen molar-refractivity contribution in [3.63, 3.8) is 0 Å². The lowest BCUT2D eigenvalue weighted by Gasteiger charge is -2.30. The quantitative estimate of drug-likeness (QED) is 0.764. The van der Waals surface area contributed by atoms with Crippen molar-refractivity contribution < 1.29 is 13.2 Å². The smallest absolute Gasteiger partial charge is 0.153 e. The number of nitrogens with zero attached hydrogens (tertiary/aromatic N) is 1. The Morgan fingerprint density at radius 3 is 2.47 bits per heavy atom. The Hall–Kier alpha value is -1.07. The molecule has 6 heteroatoms. The standard InChI is InChI=1S/C11H12ClNO3S/c12-10-3-1-2-9(8-14)11(10)13-4-6-17(15,16)7-5-13/h1-3,8H,4-7H2. The number of carbonyl (C=O) groups is 1. The van der Waals surface area contributed by atoms with E-state index in [0.29, 0.717) is 29.4 Å².